The van der Waals surface area contributed by atoms with Gasteiger partial charge in [-0.05, 0) is 37.2 Å². The number of aliphatic hydroxyl groups is 1. The van der Waals surface area contributed by atoms with Gasteiger partial charge in [-0.1, -0.05) is 49.6 Å². The molecule has 1 heterocycles. The molecule has 6 nitrogen and oxygen atoms in total. The highest BCUT2D eigenvalue weighted by Gasteiger charge is 2.31. The summed E-state index contributed by atoms with van der Waals surface area (Å²) in [4.78, 5) is 9.44. The number of aliphatic hydroxyl groups excluding tert-OH is 1. The third kappa shape index (κ3) is 6.59. The van der Waals surface area contributed by atoms with Gasteiger partial charge >= 0.3 is 0 Å². The lowest BCUT2D eigenvalue weighted by molar-refractivity contribution is 0.137. The minimum atomic E-state index is 0.168. The van der Waals surface area contributed by atoms with Crippen LogP contribution in [-0.4, -0.2) is 46.9 Å². The van der Waals surface area contributed by atoms with E-state index in [9.17, 15) is 5.11 Å². The van der Waals surface area contributed by atoms with Crippen LogP contribution in [0.3, 0.4) is 0 Å². The molecule has 1 saturated carbocycles. The highest BCUT2D eigenvalue weighted by molar-refractivity contribution is 5.79. The van der Waals surface area contributed by atoms with Crippen molar-refractivity contribution in [3.05, 3.63) is 54.1 Å². The maximum Gasteiger partial charge on any atom is 0.191 e. The van der Waals surface area contributed by atoms with E-state index in [-0.39, 0.29) is 12.0 Å². The lowest BCUT2D eigenvalue weighted by Crippen LogP contribution is -2.40. The standard InChI is InChI=1S/C24H37N5O/c1-2-25-23(28-20-24(14-18-30)12-7-4-8-13-24)27-15-11-22-26-16-17-29(22)19-21-9-5-3-6-10-21/h3,5-6,9-10,16-17,30H,2,4,7-8,11-15,18-20H2,1H3,(H2,25,27,28). The molecule has 3 rings (SSSR count). The quantitative estimate of drug-likeness (QED) is 0.414. The highest BCUT2D eigenvalue weighted by Crippen LogP contribution is 2.39. The van der Waals surface area contributed by atoms with Crippen molar-refractivity contribution < 1.29 is 5.11 Å². The van der Waals surface area contributed by atoms with Crippen LogP contribution in [0.4, 0.5) is 0 Å². The number of guanidine groups is 1. The number of nitrogens with one attached hydrogen (secondary N) is 2. The van der Waals surface area contributed by atoms with Crippen molar-refractivity contribution in [1.82, 2.24) is 20.2 Å². The SMILES string of the molecule is CCNC(=NCC1(CCO)CCCCC1)NCCc1nccn1Cc1ccccc1. The number of rotatable bonds is 10. The highest BCUT2D eigenvalue weighted by atomic mass is 16.3. The Hall–Kier alpha value is -2.34. The zero-order chi connectivity index (χ0) is 21.1. The maximum absolute atomic E-state index is 9.54. The van der Waals surface area contributed by atoms with Crippen molar-refractivity contribution in [2.45, 2.75) is 58.4 Å². The summed E-state index contributed by atoms with van der Waals surface area (Å²) in [5, 5.41) is 16.4. The average molecular weight is 412 g/mol. The summed E-state index contributed by atoms with van der Waals surface area (Å²) in [7, 11) is 0. The third-order valence-corrected chi connectivity index (χ3v) is 6.11. The van der Waals surface area contributed by atoms with Gasteiger partial charge in [-0.2, -0.15) is 0 Å². The van der Waals surface area contributed by atoms with E-state index in [2.05, 4.69) is 51.4 Å². The lowest BCUT2D eigenvalue weighted by Gasteiger charge is -2.35. The van der Waals surface area contributed by atoms with Crippen molar-refractivity contribution in [3.63, 3.8) is 0 Å². The van der Waals surface area contributed by atoms with E-state index in [1.54, 1.807) is 0 Å². The number of imidazole rings is 1. The Morgan fingerprint density at radius 2 is 1.97 bits per heavy atom. The van der Waals surface area contributed by atoms with Gasteiger partial charge in [0.1, 0.15) is 5.82 Å². The van der Waals surface area contributed by atoms with Crippen LogP contribution >= 0.6 is 0 Å². The lowest BCUT2D eigenvalue weighted by atomic mass is 9.72. The van der Waals surface area contributed by atoms with E-state index in [0.29, 0.717) is 0 Å². The summed E-state index contributed by atoms with van der Waals surface area (Å²) in [6.07, 6.45) is 11.8. The molecule has 1 aliphatic carbocycles. The monoisotopic (exact) mass is 411 g/mol. The number of hydrogen-bond acceptors (Lipinski definition) is 3. The first-order chi connectivity index (χ1) is 14.7. The fourth-order valence-electron chi connectivity index (χ4n) is 4.40. The van der Waals surface area contributed by atoms with Crippen molar-refractivity contribution in [3.8, 4) is 0 Å². The van der Waals surface area contributed by atoms with Crippen LogP contribution in [-0.2, 0) is 13.0 Å². The number of hydrogen-bond donors (Lipinski definition) is 3. The first-order valence-corrected chi connectivity index (χ1v) is 11.4. The predicted molar refractivity (Wildman–Crippen MR) is 123 cm³/mol. The minimum absolute atomic E-state index is 0.168. The molecule has 1 aliphatic rings. The zero-order valence-corrected chi connectivity index (χ0v) is 18.3. The third-order valence-electron chi connectivity index (χ3n) is 6.11. The Bertz CT molecular complexity index is 759. The second-order valence-corrected chi connectivity index (χ2v) is 8.36. The molecular formula is C24H37N5O. The second kappa shape index (κ2) is 11.7. The zero-order valence-electron chi connectivity index (χ0n) is 18.3. The Labute approximate surface area is 180 Å². The van der Waals surface area contributed by atoms with Crippen LogP contribution in [0.1, 0.15) is 56.8 Å². The van der Waals surface area contributed by atoms with Crippen LogP contribution in [0.2, 0.25) is 0 Å². The van der Waals surface area contributed by atoms with Crippen molar-refractivity contribution in [2.24, 2.45) is 10.4 Å². The summed E-state index contributed by atoms with van der Waals surface area (Å²) in [6.45, 7) is 5.59. The fourth-order valence-corrected chi connectivity index (χ4v) is 4.40. The molecule has 1 aromatic carbocycles. The minimum Gasteiger partial charge on any atom is -0.396 e. The van der Waals surface area contributed by atoms with Crippen LogP contribution in [0, 0.1) is 5.41 Å². The van der Waals surface area contributed by atoms with Gasteiger partial charge in [0.15, 0.2) is 5.96 Å². The molecule has 0 aliphatic heterocycles. The molecule has 6 heteroatoms. The molecule has 0 amide bonds. The molecular weight excluding hydrogens is 374 g/mol. The maximum atomic E-state index is 9.54. The van der Waals surface area contributed by atoms with Crippen LogP contribution in [0.15, 0.2) is 47.7 Å². The molecule has 1 fully saturated rings. The molecule has 30 heavy (non-hydrogen) atoms. The van der Waals surface area contributed by atoms with Crippen LogP contribution in [0.25, 0.3) is 0 Å². The molecule has 0 unspecified atom stereocenters. The summed E-state index contributed by atoms with van der Waals surface area (Å²) in [6, 6.07) is 10.5. The Morgan fingerprint density at radius 3 is 2.70 bits per heavy atom. The molecule has 0 radical (unpaired) electrons. The summed E-state index contributed by atoms with van der Waals surface area (Å²) < 4.78 is 2.21. The fraction of sp³-hybridized carbons (Fsp3) is 0.583. The number of aromatic nitrogens is 2. The molecule has 0 spiro atoms. The van der Waals surface area contributed by atoms with E-state index in [1.165, 1.54) is 37.7 Å². The molecule has 0 saturated heterocycles. The molecule has 1 aromatic heterocycles. The first-order valence-electron chi connectivity index (χ1n) is 11.4. The van der Waals surface area contributed by atoms with E-state index in [1.807, 2.05) is 18.5 Å². The summed E-state index contributed by atoms with van der Waals surface area (Å²) in [5.74, 6) is 1.94. The van der Waals surface area contributed by atoms with Gasteiger partial charge in [0, 0.05) is 51.6 Å². The smallest absolute Gasteiger partial charge is 0.191 e. The van der Waals surface area contributed by atoms with Gasteiger partial charge < -0.3 is 20.3 Å². The van der Waals surface area contributed by atoms with E-state index < -0.39 is 0 Å². The normalized spacial score (nSPS) is 16.4. The van der Waals surface area contributed by atoms with Crippen LogP contribution < -0.4 is 10.6 Å². The molecule has 164 valence electrons. The largest absolute Gasteiger partial charge is 0.396 e. The second-order valence-electron chi connectivity index (χ2n) is 8.36. The summed E-state index contributed by atoms with van der Waals surface area (Å²) in [5.41, 5.74) is 1.45. The Balaban J connectivity index is 1.55. The Morgan fingerprint density at radius 1 is 1.17 bits per heavy atom. The number of benzene rings is 1. The average Bonchev–Trinajstić information content (AvgIpc) is 3.20. The Kier molecular flexibility index (Phi) is 8.75. The van der Waals surface area contributed by atoms with Gasteiger partial charge in [-0.15, -0.1) is 0 Å². The topological polar surface area (TPSA) is 74.5 Å². The molecule has 3 N–H and O–H groups in total. The van der Waals surface area contributed by atoms with Crippen molar-refractivity contribution in [1.29, 1.82) is 0 Å². The van der Waals surface area contributed by atoms with E-state index in [4.69, 9.17) is 4.99 Å². The van der Waals surface area contributed by atoms with Crippen molar-refractivity contribution >= 4 is 5.96 Å². The van der Waals surface area contributed by atoms with Crippen molar-refractivity contribution in [2.75, 3.05) is 26.2 Å². The van der Waals surface area contributed by atoms with Gasteiger partial charge in [0.2, 0.25) is 0 Å². The molecule has 0 bridgehead atoms. The summed E-state index contributed by atoms with van der Waals surface area (Å²) >= 11 is 0. The molecule has 0 atom stereocenters. The number of nitrogens with zero attached hydrogens (tertiary/aromatic N) is 3. The van der Waals surface area contributed by atoms with Gasteiger partial charge in [0.05, 0.1) is 0 Å². The van der Waals surface area contributed by atoms with E-state index in [0.717, 1.165) is 50.8 Å². The van der Waals surface area contributed by atoms with Gasteiger partial charge in [0.25, 0.3) is 0 Å². The number of aliphatic imine (C=N–C) groups is 1. The van der Waals surface area contributed by atoms with Gasteiger partial charge in [-0.25, -0.2) is 4.98 Å². The first kappa shape index (κ1) is 22.3. The van der Waals surface area contributed by atoms with E-state index >= 15 is 0 Å². The predicted octanol–water partition coefficient (Wildman–Crippen LogP) is 3.36. The molecule has 2 aromatic rings. The van der Waals surface area contributed by atoms with Gasteiger partial charge in [-0.3, -0.25) is 4.99 Å². The van der Waals surface area contributed by atoms with Crippen LogP contribution in [0.5, 0.6) is 0 Å².